The minimum atomic E-state index is -0.628. The largest absolute Gasteiger partial charge is 0.463 e. The number of aryl methyl sites for hydroxylation is 1. The van der Waals surface area contributed by atoms with E-state index in [9.17, 15) is 9.59 Å². The maximum atomic E-state index is 12.2. The summed E-state index contributed by atoms with van der Waals surface area (Å²) in [4.78, 5) is 28.7. The van der Waals surface area contributed by atoms with Crippen molar-refractivity contribution < 1.29 is 9.21 Å². The van der Waals surface area contributed by atoms with Gasteiger partial charge in [-0.2, -0.15) is 0 Å². The summed E-state index contributed by atoms with van der Waals surface area (Å²) < 4.78 is 7.17. The zero-order valence-electron chi connectivity index (χ0n) is 16.2. The second kappa shape index (κ2) is 7.72. The lowest BCUT2D eigenvalue weighted by molar-refractivity contribution is 0.1000. The molecule has 0 unspecified atom stereocenters. The Hall–Kier alpha value is -3.35. The van der Waals surface area contributed by atoms with Crippen molar-refractivity contribution in [1.29, 1.82) is 0 Å². The van der Waals surface area contributed by atoms with Crippen molar-refractivity contribution in [2.45, 2.75) is 33.7 Å². The minimum absolute atomic E-state index is 0.0714. The Morgan fingerprint density at radius 2 is 2.04 bits per heavy atom. The van der Waals surface area contributed by atoms with Gasteiger partial charge in [0.1, 0.15) is 11.5 Å². The van der Waals surface area contributed by atoms with Crippen LogP contribution in [0, 0.1) is 5.92 Å². The molecule has 3 rings (SSSR count). The number of rotatable bonds is 6. The normalized spacial score (nSPS) is 11.1. The molecule has 0 radical (unpaired) electrons. The molecule has 0 aliphatic carbocycles. The number of primary amides is 1. The fourth-order valence-electron chi connectivity index (χ4n) is 3.37. The SMILES string of the molecule is CCn1cc(-c2c(-c3ccco3)nc(N)c(C(N)=O)c2CC(C)C)ccc1=O. The van der Waals surface area contributed by atoms with Gasteiger partial charge >= 0.3 is 0 Å². The standard InChI is InChI=1S/C21H24N4O3/c1-4-25-11-13(7-8-16(25)26)17-14(10-12(2)3)18(21(23)27)20(22)24-19(17)15-6-5-9-28-15/h5-9,11-12H,4,10H2,1-3H3,(H2,22,24)(H2,23,27). The summed E-state index contributed by atoms with van der Waals surface area (Å²) in [5.74, 6) is 0.205. The number of amides is 1. The van der Waals surface area contributed by atoms with Crippen molar-refractivity contribution >= 4 is 11.7 Å². The van der Waals surface area contributed by atoms with Crippen LogP contribution in [0.5, 0.6) is 0 Å². The van der Waals surface area contributed by atoms with Crippen molar-refractivity contribution in [3.05, 3.63) is 58.2 Å². The fraction of sp³-hybridized carbons (Fsp3) is 0.286. The van der Waals surface area contributed by atoms with Crippen molar-refractivity contribution in [3.8, 4) is 22.6 Å². The van der Waals surface area contributed by atoms with E-state index in [2.05, 4.69) is 4.98 Å². The first-order chi connectivity index (χ1) is 13.3. The number of pyridine rings is 2. The number of anilines is 1. The Morgan fingerprint density at radius 1 is 1.29 bits per heavy atom. The van der Waals surface area contributed by atoms with Gasteiger partial charge in [0.15, 0.2) is 5.76 Å². The smallest absolute Gasteiger partial charge is 0.252 e. The molecule has 0 aromatic carbocycles. The number of nitrogens with two attached hydrogens (primary N) is 2. The van der Waals surface area contributed by atoms with Gasteiger partial charge in [0.2, 0.25) is 0 Å². The first-order valence-corrected chi connectivity index (χ1v) is 9.20. The van der Waals surface area contributed by atoms with Crippen LogP contribution in [0.4, 0.5) is 5.82 Å². The van der Waals surface area contributed by atoms with Gasteiger partial charge in [0.05, 0.1) is 11.8 Å². The third-order valence-corrected chi connectivity index (χ3v) is 4.55. The molecule has 0 fully saturated rings. The van der Waals surface area contributed by atoms with Crippen LogP contribution in [0.2, 0.25) is 0 Å². The van der Waals surface area contributed by atoms with E-state index in [0.29, 0.717) is 35.5 Å². The van der Waals surface area contributed by atoms with Crippen LogP contribution in [-0.4, -0.2) is 15.5 Å². The maximum absolute atomic E-state index is 12.2. The molecule has 4 N–H and O–H groups in total. The predicted octanol–water partition coefficient (Wildman–Crippen LogP) is 3.07. The Balaban J connectivity index is 2.44. The molecular weight excluding hydrogens is 356 g/mol. The highest BCUT2D eigenvalue weighted by Crippen LogP contribution is 2.38. The van der Waals surface area contributed by atoms with Crippen LogP contribution in [0.25, 0.3) is 22.6 Å². The van der Waals surface area contributed by atoms with Gasteiger partial charge in [0, 0.05) is 29.9 Å². The molecule has 7 nitrogen and oxygen atoms in total. The molecule has 3 aromatic rings. The van der Waals surface area contributed by atoms with Crippen LogP contribution in [0.1, 0.15) is 36.7 Å². The molecule has 0 bridgehead atoms. The van der Waals surface area contributed by atoms with E-state index in [4.69, 9.17) is 15.9 Å². The van der Waals surface area contributed by atoms with Crippen LogP contribution in [0.3, 0.4) is 0 Å². The van der Waals surface area contributed by atoms with Crippen molar-refractivity contribution in [3.63, 3.8) is 0 Å². The summed E-state index contributed by atoms with van der Waals surface area (Å²) in [6.45, 7) is 6.51. The summed E-state index contributed by atoms with van der Waals surface area (Å²) in [6, 6.07) is 6.77. The van der Waals surface area contributed by atoms with Crippen LogP contribution in [0.15, 0.2) is 45.9 Å². The summed E-state index contributed by atoms with van der Waals surface area (Å²) in [5, 5.41) is 0. The number of carbonyl (C=O) groups is 1. The topological polar surface area (TPSA) is 117 Å². The molecule has 3 heterocycles. The molecule has 0 saturated carbocycles. The van der Waals surface area contributed by atoms with E-state index in [1.807, 2.05) is 20.8 Å². The molecule has 1 amide bonds. The Bertz CT molecular complexity index is 1070. The molecule has 146 valence electrons. The fourth-order valence-corrected chi connectivity index (χ4v) is 3.37. The van der Waals surface area contributed by atoms with Crippen LogP contribution < -0.4 is 17.0 Å². The monoisotopic (exact) mass is 380 g/mol. The molecule has 0 saturated heterocycles. The Kier molecular flexibility index (Phi) is 5.35. The number of hydrogen-bond donors (Lipinski definition) is 2. The van der Waals surface area contributed by atoms with Crippen molar-refractivity contribution in [1.82, 2.24) is 9.55 Å². The van der Waals surface area contributed by atoms with E-state index in [1.54, 1.807) is 35.2 Å². The van der Waals surface area contributed by atoms with Gasteiger partial charge in [-0.15, -0.1) is 0 Å². The third kappa shape index (κ3) is 3.55. The van der Waals surface area contributed by atoms with Crippen LogP contribution in [-0.2, 0) is 13.0 Å². The second-order valence-corrected chi connectivity index (χ2v) is 7.06. The predicted molar refractivity (Wildman–Crippen MR) is 109 cm³/mol. The Morgan fingerprint density at radius 3 is 2.61 bits per heavy atom. The van der Waals surface area contributed by atoms with Gasteiger partial charge in [-0.25, -0.2) is 4.98 Å². The average Bonchev–Trinajstić information content (AvgIpc) is 3.16. The second-order valence-electron chi connectivity index (χ2n) is 7.06. The van der Waals surface area contributed by atoms with Crippen molar-refractivity contribution in [2.75, 3.05) is 5.73 Å². The number of nitrogen functional groups attached to an aromatic ring is 1. The average molecular weight is 380 g/mol. The first-order valence-electron chi connectivity index (χ1n) is 9.20. The molecule has 28 heavy (non-hydrogen) atoms. The third-order valence-electron chi connectivity index (χ3n) is 4.55. The number of aromatic nitrogens is 2. The molecule has 0 atom stereocenters. The van der Waals surface area contributed by atoms with E-state index in [0.717, 1.165) is 5.56 Å². The van der Waals surface area contributed by atoms with E-state index in [-0.39, 0.29) is 22.9 Å². The highest BCUT2D eigenvalue weighted by molar-refractivity contribution is 6.02. The number of hydrogen-bond acceptors (Lipinski definition) is 5. The van der Waals surface area contributed by atoms with E-state index < -0.39 is 5.91 Å². The molecule has 3 aromatic heterocycles. The van der Waals surface area contributed by atoms with Gasteiger partial charge in [0.25, 0.3) is 11.5 Å². The Labute approximate surface area is 163 Å². The molecule has 0 aliphatic heterocycles. The van der Waals surface area contributed by atoms with Gasteiger partial charge in [-0.3, -0.25) is 9.59 Å². The number of nitrogens with zero attached hydrogens (tertiary/aromatic N) is 2. The lowest BCUT2D eigenvalue weighted by Gasteiger charge is -2.20. The zero-order chi connectivity index (χ0) is 20.4. The quantitative estimate of drug-likeness (QED) is 0.681. The lowest BCUT2D eigenvalue weighted by Crippen LogP contribution is -2.21. The van der Waals surface area contributed by atoms with Crippen molar-refractivity contribution in [2.24, 2.45) is 11.7 Å². The van der Waals surface area contributed by atoms with Crippen LogP contribution >= 0.6 is 0 Å². The van der Waals surface area contributed by atoms with Gasteiger partial charge in [-0.1, -0.05) is 13.8 Å². The van der Waals surface area contributed by atoms with Gasteiger partial charge < -0.3 is 20.5 Å². The minimum Gasteiger partial charge on any atom is -0.463 e. The van der Waals surface area contributed by atoms with E-state index >= 15 is 0 Å². The first kappa shape index (κ1) is 19.4. The summed E-state index contributed by atoms with van der Waals surface area (Å²) in [6.07, 6.45) is 3.88. The van der Waals surface area contributed by atoms with Gasteiger partial charge in [-0.05, 0) is 43.0 Å². The summed E-state index contributed by atoms with van der Waals surface area (Å²) in [5.41, 5.74) is 14.6. The summed E-state index contributed by atoms with van der Waals surface area (Å²) >= 11 is 0. The molecular formula is C21H24N4O3. The summed E-state index contributed by atoms with van der Waals surface area (Å²) in [7, 11) is 0. The number of carbonyl (C=O) groups excluding carboxylic acids is 1. The molecule has 0 spiro atoms. The number of furan rings is 1. The lowest BCUT2D eigenvalue weighted by atomic mass is 9.88. The maximum Gasteiger partial charge on any atom is 0.252 e. The zero-order valence-corrected chi connectivity index (χ0v) is 16.2. The highest BCUT2D eigenvalue weighted by Gasteiger charge is 2.25. The highest BCUT2D eigenvalue weighted by atomic mass is 16.3. The molecule has 0 aliphatic rings. The van der Waals surface area contributed by atoms with E-state index in [1.165, 1.54) is 6.07 Å². The molecule has 7 heteroatoms.